The number of hydrogen-bond donors (Lipinski definition) is 1. The highest BCUT2D eigenvalue weighted by molar-refractivity contribution is 7.98. The molecule has 0 saturated carbocycles. The number of nitrogens with zero attached hydrogens (tertiary/aromatic N) is 5. The SMILES string of the molecule is CCn1nc(C(C)C)cc1C(=O)NCCCc1nnc(SC)n1CC(C)C. The van der Waals surface area contributed by atoms with Crippen LogP contribution in [0.15, 0.2) is 11.2 Å². The normalized spacial score (nSPS) is 11.6. The molecule has 0 aliphatic carbocycles. The lowest BCUT2D eigenvalue weighted by Crippen LogP contribution is -2.27. The Balaban J connectivity index is 1.92. The minimum Gasteiger partial charge on any atom is -0.351 e. The summed E-state index contributed by atoms with van der Waals surface area (Å²) < 4.78 is 3.97. The summed E-state index contributed by atoms with van der Waals surface area (Å²) >= 11 is 1.62. The van der Waals surface area contributed by atoms with Crippen LogP contribution in [-0.4, -0.2) is 43.3 Å². The number of thioether (sulfide) groups is 1. The molecule has 2 rings (SSSR count). The van der Waals surface area contributed by atoms with E-state index in [0.717, 1.165) is 36.1 Å². The Bertz CT molecular complexity index is 749. The summed E-state index contributed by atoms with van der Waals surface area (Å²) in [7, 11) is 0. The summed E-state index contributed by atoms with van der Waals surface area (Å²) in [4.78, 5) is 12.5. The van der Waals surface area contributed by atoms with Gasteiger partial charge in [0.05, 0.1) is 5.69 Å². The third kappa shape index (κ3) is 5.57. The van der Waals surface area contributed by atoms with Gasteiger partial charge in [-0.25, -0.2) is 0 Å². The van der Waals surface area contributed by atoms with Gasteiger partial charge in [0.1, 0.15) is 11.5 Å². The number of nitrogens with one attached hydrogen (secondary N) is 1. The van der Waals surface area contributed by atoms with Crippen molar-refractivity contribution in [2.75, 3.05) is 12.8 Å². The number of hydrogen-bond acceptors (Lipinski definition) is 5. The molecule has 0 bridgehead atoms. The Morgan fingerprint density at radius 3 is 2.59 bits per heavy atom. The van der Waals surface area contributed by atoms with Crippen LogP contribution in [-0.2, 0) is 19.5 Å². The van der Waals surface area contributed by atoms with Gasteiger partial charge in [0, 0.05) is 26.1 Å². The molecule has 150 valence electrons. The van der Waals surface area contributed by atoms with Gasteiger partial charge >= 0.3 is 0 Å². The van der Waals surface area contributed by atoms with E-state index in [-0.39, 0.29) is 5.91 Å². The molecule has 7 nitrogen and oxygen atoms in total. The zero-order chi connectivity index (χ0) is 20.0. The molecule has 0 aliphatic rings. The molecule has 0 spiro atoms. The number of rotatable bonds is 10. The molecule has 0 atom stereocenters. The maximum absolute atomic E-state index is 12.5. The van der Waals surface area contributed by atoms with Crippen molar-refractivity contribution >= 4 is 17.7 Å². The van der Waals surface area contributed by atoms with Crippen LogP contribution in [0.1, 0.15) is 69.0 Å². The van der Waals surface area contributed by atoms with E-state index in [0.29, 0.717) is 30.6 Å². The number of carbonyl (C=O) groups excluding carboxylic acids is 1. The van der Waals surface area contributed by atoms with E-state index in [1.165, 1.54) is 0 Å². The minimum absolute atomic E-state index is 0.0651. The third-order valence-electron chi connectivity index (χ3n) is 4.31. The molecule has 2 aromatic heterocycles. The molecule has 0 radical (unpaired) electrons. The van der Waals surface area contributed by atoms with Crippen molar-refractivity contribution in [3.05, 3.63) is 23.3 Å². The molecule has 0 unspecified atom stereocenters. The van der Waals surface area contributed by atoms with E-state index >= 15 is 0 Å². The fourth-order valence-electron chi connectivity index (χ4n) is 2.89. The lowest BCUT2D eigenvalue weighted by molar-refractivity contribution is 0.0942. The van der Waals surface area contributed by atoms with Crippen LogP contribution in [0.3, 0.4) is 0 Å². The standard InChI is InChI=1S/C19H32N6OS/c1-7-25-16(11-15(23-25)14(4)5)18(26)20-10-8-9-17-21-22-19(27-6)24(17)12-13(2)3/h11,13-14H,7-10,12H2,1-6H3,(H,20,26). The number of aryl methyl sites for hydroxylation is 2. The van der Waals surface area contributed by atoms with Crippen molar-refractivity contribution in [3.8, 4) is 0 Å². The lowest BCUT2D eigenvalue weighted by Gasteiger charge is -2.12. The van der Waals surface area contributed by atoms with Gasteiger partial charge in [-0.3, -0.25) is 9.48 Å². The van der Waals surface area contributed by atoms with Crippen LogP contribution < -0.4 is 5.32 Å². The second kappa shape index (κ2) is 9.92. The molecule has 1 amide bonds. The van der Waals surface area contributed by atoms with Crippen molar-refractivity contribution in [2.24, 2.45) is 5.92 Å². The number of amides is 1. The summed E-state index contributed by atoms with van der Waals surface area (Å²) in [6.07, 6.45) is 3.64. The molecule has 8 heteroatoms. The molecule has 0 aromatic carbocycles. The van der Waals surface area contributed by atoms with E-state index in [4.69, 9.17) is 0 Å². The smallest absolute Gasteiger partial charge is 0.269 e. The number of aromatic nitrogens is 5. The summed E-state index contributed by atoms with van der Waals surface area (Å²) in [5.41, 5.74) is 1.59. The Morgan fingerprint density at radius 1 is 1.26 bits per heavy atom. The van der Waals surface area contributed by atoms with Gasteiger partial charge in [0.25, 0.3) is 5.91 Å². The zero-order valence-electron chi connectivity index (χ0n) is 17.3. The van der Waals surface area contributed by atoms with Gasteiger partial charge in [-0.1, -0.05) is 39.5 Å². The fourth-order valence-corrected chi connectivity index (χ4v) is 3.41. The summed E-state index contributed by atoms with van der Waals surface area (Å²) in [6.45, 7) is 12.8. The zero-order valence-corrected chi connectivity index (χ0v) is 18.1. The Labute approximate surface area is 166 Å². The van der Waals surface area contributed by atoms with Crippen LogP contribution in [0, 0.1) is 5.92 Å². The van der Waals surface area contributed by atoms with Crippen LogP contribution in [0.4, 0.5) is 0 Å². The average Bonchev–Trinajstić information content (AvgIpc) is 3.22. The maximum Gasteiger partial charge on any atom is 0.269 e. The van der Waals surface area contributed by atoms with Gasteiger partial charge in [0.15, 0.2) is 5.16 Å². The van der Waals surface area contributed by atoms with Crippen LogP contribution in [0.5, 0.6) is 0 Å². The van der Waals surface area contributed by atoms with E-state index in [1.807, 2.05) is 19.2 Å². The third-order valence-corrected chi connectivity index (χ3v) is 4.98. The lowest BCUT2D eigenvalue weighted by atomic mass is 10.1. The highest BCUT2D eigenvalue weighted by Crippen LogP contribution is 2.17. The first kappa shape index (κ1) is 21.5. The topological polar surface area (TPSA) is 77.6 Å². The summed E-state index contributed by atoms with van der Waals surface area (Å²) in [5, 5.41) is 17.1. The molecule has 2 heterocycles. The second-order valence-corrected chi connectivity index (χ2v) is 8.17. The highest BCUT2D eigenvalue weighted by atomic mass is 32.2. The highest BCUT2D eigenvalue weighted by Gasteiger charge is 2.16. The Morgan fingerprint density at radius 2 is 2.00 bits per heavy atom. The minimum atomic E-state index is -0.0651. The monoisotopic (exact) mass is 392 g/mol. The first-order valence-electron chi connectivity index (χ1n) is 9.69. The summed E-state index contributed by atoms with van der Waals surface area (Å²) in [6, 6.07) is 1.90. The molecule has 1 N–H and O–H groups in total. The first-order valence-corrected chi connectivity index (χ1v) is 10.9. The van der Waals surface area contributed by atoms with Gasteiger partial charge in [-0.05, 0) is 37.5 Å². The fraction of sp³-hybridized carbons (Fsp3) is 0.684. The molecule has 0 aliphatic heterocycles. The number of carbonyl (C=O) groups is 1. The first-order chi connectivity index (χ1) is 12.9. The van der Waals surface area contributed by atoms with Crippen molar-refractivity contribution in [2.45, 2.75) is 71.6 Å². The molecule has 0 saturated heterocycles. The van der Waals surface area contributed by atoms with Gasteiger partial charge < -0.3 is 9.88 Å². The second-order valence-electron chi connectivity index (χ2n) is 7.39. The molecule has 0 fully saturated rings. The van der Waals surface area contributed by atoms with E-state index < -0.39 is 0 Å². The van der Waals surface area contributed by atoms with Crippen LogP contribution >= 0.6 is 11.8 Å². The molecule has 2 aromatic rings. The maximum atomic E-state index is 12.5. The van der Waals surface area contributed by atoms with Gasteiger partial charge in [0.2, 0.25) is 0 Å². The van der Waals surface area contributed by atoms with Crippen molar-refractivity contribution < 1.29 is 4.79 Å². The molecule has 27 heavy (non-hydrogen) atoms. The van der Waals surface area contributed by atoms with Crippen molar-refractivity contribution in [1.29, 1.82) is 0 Å². The molecular formula is C19H32N6OS. The quantitative estimate of drug-likeness (QED) is 0.495. The van der Waals surface area contributed by atoms with Crippen LogP contribution in [0.25, 0.3) is 0 Å². The van der Waals surface area contributed by atoms with Gasteiger partial charge in [-0.15, -0.1) is 10.2 Å². The van der Waals surface area contributed by atoms with Crippen molar-refractivity contribution in [1.82, 2.24) is 29.9 Å². The largest absolute Gasteiger partial charge is 0.351 e. The average molecular weight is 393 g/mol. The Kier molecular flexibility index (Phi) is 7.89. The van der Waals surface area contributed by atoms with Gasteiger partial charge in [-0.2, -0.15) is 5.10 Å². The predicted molar refractivity (Wildman–Crippen MR) is 109 cm³/mol. The van der Waals surface area contributed by atoms with E-state index in [9.17, 15) is 4.79 Å². The van der Waals surface area contributed by atoms with E-state index in [2.05, 4.69) is 52.9 Å². The van der Waals surface area contributed by atoms with Crippen LogP contribution in [0.2, 0.25) is 0 Å². The van der Waals surface area contributed by atoms with Crippen molar-refractivity contribution in [3.63, 3.8) is 0 Å². The van der Waals surface area contributed by atoms with E-state index in [1.54, 1.807) is 16.4 Å². The Hall–Kier alpha value is -1.83. The molecular weight excluding hydrogens is 360 g/mol. The summed E-state index contributed by atoms with van der Waals surface area (Å²) in [5.74, 6) is 1.77. The predicted octanol–water partition coefficient (Wildman–Crippen LogP) is 3.36.